The Morgan fingerprint density at radius 1 is 0.871 bits per heavy atom. The van der Waals surface area contributed by atoms with E-state index in [2.05, 4.69) is 43.3 Å². The number of nitrogens with zero attached hydrogens (tertiary/aromatic N) is 6. The Labute approximate surface area is 408 Å². The number of hydrogen-bond acceptors (Lipinski definition) is 11. The molecule has 366 valence electrons. The lowest BCUT2D eigenvalue weighted by molar-refractivity contribution is -0.131. The number of pyridine rings is 1. The van der Waals surface area contributed by atoms with Crippen molar-refractivity contribution in [3.05, 3.63) is 115 Å². The van der Waals surface area contributed by atoms with E-state index in [1.165, 1.54) is 24.3 Å². The predicted molar refractivity (Wildman–Crippen MR) is 271 cm³/mol. The standard InChI is InChI=1S/C54H62FN9O6/c1-35-43-7-6-8-47(45(43)34-64(35)36(2)51(66)56-4)63(37(3)65)30-29-60-25-27-61(28-26-60)33-38-18-23-62(24-19-38)48-32-46-44(31-50(48)69-5)49(17-22-57-46)70-42-15-13-41(14-16-42)59-53(68)54(20-21-54)52(67)58-40-11-9-39(55)10-12-40/h6-17,22,31-32,36,38H,1,18-21,23-30,33-34H2,2-5H3,(H,56,66)(H,58,67)(H,59,68)/t36-/m0/s1. The van der Waals surface area contributed by atoms with Crippen LogP contribution in [0.25, 0.3) is 16.6 Å². The predicted octanol–water partition coefficient (Wildman–Crippen LogP) is 7.34. The molecule has 16 heteroatoms. The van der Waals surface area contributed by atoms with E-state index in [1.807, 2.05) is 47.1 Å². The summed E-state index contributed by atoms with van der Waals surface area (Å²) < 4.78 is 25.7. The fourth-order valence-corrected chi connectivity index (χ4v) is 10.1. The topological polar surface area (TPSA) is 152 Å². The molecule has 70 heavy (non-hydrogen) atoms. The summed E-state index contributed by atoms with van der Waals surface area (Å²) in [5.41, 5.74) is 5.31. The van der Waals surface area contributed by atoms with Crippen molar-refractivity contribution in [1.82, 2.24) is 25.0 Å². The van der Waals surface area contributed by atoms with Crippen molar-refractivity contribution in [2.45, 2.75) is 52.1 Å². The van der Waals surface area contributed by atoms with Gasteiger partial charge in [-0.05, 0) is 111 Å². The zero-order chi connectivity index (χ0) is 49.1. The second kappa shape index (κ2) is 20.5. The van der Waals surface area contributed by atoms with Crippen LogP contribution in [0.1, 0.15) is 50.7 Å². The van der Waals surface area contributed by atoms with Gasteiger partial charge in [-0.1, -0.05) is 18.7 Å². The lowest BCUT2D eigenvalue weighted by Crippen LogP contribution is -2.50. The Kier molecular flexibility index (Phi) is 14.1. The third-order valence-electron chi connectivity index (χ3n) is 14.5. The van der Waals surface area contributed by atoms with Gasteiger partial charge in [0.2, 0.25) is 23.6 Å². The number of benzene rings is 4. The number of anilines is 4. The molecule has 5 aromatic rings. The molecule has 1 atom stereocenters. The number of rotatable bonds is 16. The Morgan fingerprint density at radius 2 is 1.53 bits per heavy atom. The maximum absolute atomic E-state index is 13.3. The largest absolute Gasteiger partial charge is 0.495 e. The highest BCUT2D eigenvalue weighted by Gasteiger charge is 2.56. The summed E-state index contributed by atoms with van der Waals surface area (Å²) in [6.45, 7) is 16.5. The van der Waals surface area contributed by atoms with Crippen molar-refractivity contribution in [3.8, 4) is 17.2 Å². The van der Waals surface area contributed by atoms with E-state index < -0.39 is 17.1 Å². The maximum atomic E-state index is 13.3. The fraction of sp³-hybridized carbons (Fsp3) is 0.389. The normalized spacial score (nSPS) is 17.4. The first-order valence-electron chi connectivity index (χ1n) is 24.2. The average Bonchev–Trinajstić information content (AvgIpc) is 4.13. The van der Waals surface area contributed by atoms with Gasteiger partial charge >= 0.3 is 0 Å². The zero-order valence-electron chi connectivity index (χ0n) is 40.4. The number of amides is 4. The summed E-state index contributed by atoms with van der Waals surface area (Å²) in [5.74, 6) is 1.24. The van der Waals surface area contributed by atoms with Crippen molar-refractivity contribution >= 4 is 63.0 Å². The highest BCUT2D eigenvalue weighted by Crippen LogP contribution is 2.48. The summed E-state index contributed by atoms with van der Waals surface area (Å²) in [7, 11) is 3.33. The third kappa shape index (κ3) is 10.1. The number of ether oxygens (including phenoxy) is 2. The minimum absolute atomic E-state index is 0.00150. The van der Waals surface area contributed by atoms with Gasteiger partial charge in [-0.15, -0.1) is 0 Å². The molecule has 0 unspecified atom stereocenters. The van der Waals surface area contributed by atoms with Crippen LogP contribution in [0.2, 0.25) is 0 Å². The number of nitrogens with one attached hydrogen (secondary N) is 3. The number of halogens is 1. The van der Waals surface area contributed by atoms with Crippen molar-refractivity contribution < 1.29 is 33.0 Å². The molecule has 1 saturated carbocycles. The van der Waals surface area contributed by atoms with E-state index in [4.69, 9.17) is 14.5 Å². The molecule has 4 aromatic carbocycles. The van der Waals surface area contributed by atoms with Crippen LogP contribution < -0.4 is 35.2 Å². The van der Waals surface area contributed by atoms with Crippen molar-refractivity contribution in [3.63, 3.8) is 0 Å². The molecule has 0 radical (unpaired) electrons. The molecule has 0 bridgehead atoms. The summed E-state index contributed by atoms with van der Waals surface area (Å²) in [6, 6.07) is 24.0. The van der Waals surface area contributed by atoms with Crippen LogP contribution in [0.3, 0.4) is 0 Å². The number of methoxy groups -OCH3 is 1. The van der Waals surface area contributed by atoms with Gasteiger partial charge in [0.25, 0.3) is 0 Å². The van der Waals surface area contributed by atoms with Gasteiger partial charge in [0.05, 0.1) is 18.3 Å². The second-order valence-corrected chi connectivity index (χ2v) is 18.9. The van der Waals surface area contributed by atoms with Gasteiger partial charge in [0.15, 0.2) is 0 Å². The maximum Gasteiger partial charge on any atom is 0.242 e. The van der Waals surface area contributed by atoms with E-state index in [0.717, 1.165) is 110 Å². The first-order valence-corrected chi connectivity index (χ1v) is 24.2. The lowest BCUT2D eigenvalue weighted by Gasteiger charge is -2.40. The van der Waals surface area contributed by atoms with Crippen molar-refractivity contribution in [1.29, 1.82) is 0 Å². The van der Waals surface area contributed by atoms with Crippen LogP contribution in [0, 0.1) is 17.2 Å². The van der Waals surface area contributed by atoms with Gasteiger partial charge in [-0.2, -0.15) is 0 Å². The SMILES string of the molecule is C=C1c2cccc(N(CCN3CCN(CC4CCN(c5cc6nccc(Oc7ccc(NC(=O)C8(C(=O)Nc9ccc(F)cc9)CC8)cc7)c6cc5OC)CC4)CC3)C(C)=O)c2CN1[C@@H](C)C(=O)NC. The summed E-state index contributed by atoms with van der Waals surface area (Å²) >= 11 is 0. The molecule has 4 aliphatic rings. The Bertz CT molecular complexity index is 2770. The number of carbonyl (C=O) groups is 4. The number of carbonyl (C=O) groups excluding carboxylic acids is 4. The number of fused-ring (bicyclic) bond motifs is 2. The molecule has 2 saturated heterocycles. The summed E-state index contributed by atoms with van der Waals surface area (Å²) in [4.78, 5) is 67.9. The van der Waals surface area contributed by atoms with E-state index in [-0.39, 0.29) is 23.8 Å². The molecular weight excluding hydrogens is 890 g/mol. The van der Waals surface area contributed by atoms with Gasteiger partial charge in [0, 0.05) is 125 Å². The number of hydrogen-bond donors (Lipinski definition) is 3. The van der Waals surface area contributed by atoms with Gasteiger partial charge in [-0.25, -0.2) is 4.39 Å². The molecule has 1 aromatic heterocycles. The van der Waals surface area contributed by atoms with Gasteiger partial charge in [-0.3, -0.25) is 29.1 Å². The van der Waals surface area contributed by atoms with Crippen molar-refractivity contribution in [2.24, 2.45) is 11.3 Å². The first kappa shape index (κ1) is 48.0. The quantitative estimate of drug-likeness (QED) is 0.0853. The molecule has 4 heterocycles. The second-order valence-electron chi connectivity index (χ2n) is 18.9. The Hall–Kier alpha value is -7.04. The van der Waals surface area contributed by atoms with Crippen LogP contribution >= 0.6 is 0 Å². The van der Waals surface area contributed by atoms with E-state index in [0.29, 0.717) is 54.7 Å². The minimum atomic E-state index is -1.17. The minimum Gasteiger partial charge on any atom is -0.495 e. The molecule has 9 rings (SSSR count). The molecule has 1 aliphatic carbocycles. The van der Waals surface area contributed by atoms with E-state index >= 15 is 0 Å². The highest BCUT2D eigenvalue weighted by atomic mass is 19.1. The zero-order valence-corrected chi connectivity index (χ0v) is 40.4. The third-order valence-corrected chi connectivity index (χ3v) is 14.5. The number of likely N-dealkylation sites (N-methyl/N-ethyl adjacent to an activating group) is 1. The Morgan fingerprint density at radius 3 is 2.16 bits per heavy atom. The Balaban J connectivity index is 0.749. The summed E-state index contributed by atoms with van der Waals surface area (Å²) in [5, 5.41) is 9.16. The van der Waals surface area contributed by atoms with Crippen molar-refractivity contribution in [2.75, 3.05) is 93.5 Å². The molecule has 3 aliphatic heterocycles. The average molecular weight is 952 g/mol. The van der Waals surface area contributed by atoms with Crippen LogP contribution in [0.5, 0.6) is 17.2 Å². The van der Waals surface area contributed by atoms with Crippen LogP contribution in [0.4, 0.5) is 27.1 Å². The van der Waals surface area contributed by atoms with Gasteiger partial charge in [0.1, 0.15) is 34.5 Å². The molecule has 15 nitrogen and oxygen atoms in total. The van der Waals surface area contributed by atoms with Crippen LogP contribution in [-0.2, 0) is 25.7 Å². The lowest BCUT2D eigenvalue weighted by atomic mass is 9.95. The molecule has 4 amide bonds. The smallest absolute Gasteiger partial charge is 0.242 e. The monoisotopic (exact) mass is 951 g/mol. The molecule has 3 N–H and O–H groups in total. The fourth-order valence-electron chi connectivity index (χ4n) is 10.1. The molecule has 3 fully saturated rings. The number of piperidine rings is 1. The number of aromatic nitrogens is 1. The summed E-state index contributed by atoms with van der Waals surface area (Å²) in [6.07, 6.45) is 4.73. The number of piperazine rings is 1. The van der Waals surface area contributed by atoms with Crippen LogP contribution in [0.15, 0.2) is 97.7 Å². The van der Waals surface area contributed by atoms with Gasteiger partial charge < -0.3 is 45.0 Å². The van der Waals surface area contributed by atoms with Crippen LogP contribution in [-0.4, -0.2) is 122 Å². The highest BCUT2D eigenvalue weighted by molar-refractivity contribution is 6.17. The first-order chi connectivity index (χ1) is 33.8. The van der Waals surface area contributed by atoms with E-state index in [9.17, 15) is 23.6 Å². The molecular formula is C54H62FN9O6. The molecule has 0 spiro atoms. The van der Waals surface area contributed by atoms with E-state index in [1.54, 1.807) is 51.5 Å².